The van der Waals surface area contributed by atoms with Crippen LogP contribution in [0.15, 0.2) is 6.20 Å². The molecule has 1 rings (SSSR count). The number of hydrogen-bond acceptors (Lipinski definition) is 4. The van der Waals surface area contributed by atoms with Crippen molar-refractivity contribution in [2.75, 3.05) is 12.3 Å². The third-order valence-electron chi connectivity index (χ3n) is 1.62. The van der Waals surface area contributed by atoms with Crippen molar-refractivity contribution in [1.82, 2.24) is 9.78 Å². The van der Waals surface area contributed by atoms with Crippen molar-refractivity contribution in [3.05, 3.63) is 11.8 Å². The van der Waals surface area contributed by atoms with Gasteiger partial charge in [0.25, 0.3) is 0 Å². The SMILES string of the molecule is CCOC(=O)CC#Cc1cn(C)nc1N. The summed E-state index contributed by atoms with van der Waals surface area (Å²) in [5.41, 5.74) is 6.19. The fourth-order valence-corrected chi connectivity index (χ4v) is 1.03. The Balaban J connectivity index is 2.58. The van der Waals surface area contributed by atoms with Crippen molar-refractivity contribution in [3.8, 4) is 11.8 Å². The van der Waals surface area contributed by atoms with E-state index in [0.717, 1.165) is 0 Å². The van der Waals surface area contributed by atoms with Crippen molar-refractivity contribution in [2.24, 2.45) is 7.05 Å². The van der Waals surface area contributed by atoms with Crippen molar-refractivity contribution in [2.45, 2.75) is 13.3 Å². The van der Waals surface area contributed by atoms with Crippen LogP contribution in [0.1, 0.15) is 18.9 Å². The summed E-state index contributed by atoms with van der Waals surface area (Å²) in [6.45, 7) is 2.12. The first-order valence-corrected chi connectivity index (χ1v) is 4.57. The van der Waals surface area contributed by atoms with Crippen molar-refractivity contribution >= 4 is 11.8 Å². The smallest absolute Gasteiger partial charge is 0.317 e. The number of nitrogens with zero attached hydrogens (tertiary/aromatic N) is 2. The highest BCUT2D eigenvalue weighted by Crippen LogP contribution is 2.05. The van der Waals surface area contributed by atoms with Gasteiger partial charge in [-0.3, -0.25) is 9.48 Å². The molecule has 0 amide bonds. The molecule has 0 saturated heterocycles. The van der Waals surface area contributed by atoms with Crippen LogP contribution in [0, 0.1) is 11.8 Å². The van der Waals surface area contributed by atoms with E-state index in [0.29, 0.717) is 18.0 Å². The summed E-state index contributed by atoms with van der Waals surface area (Å²) < 4.78 is 6.29. The Bertz CT molecular complexity index is 412. The number of rotatable bonds is 2. The summed E-state index contributed by atoms with van der Waals surface area (Å²) in [5.74, 6) is 5.49. The first-order valence-electron chi connectivity index (χ1n) is 4.57. The summed E-state index contributed by atoms with van der Waals surface area (Å²) in [6.07, 6.45) is 1.77. The number of aromatic nitrogens is 2. The topological polar surface area (TPSA) is 70.1 Å². The number of esters is 1. The van der Waals surface area contributed by atoms with Gasteiger partial charge in [-0.1, -0.05) is 11.8 Å². The maximum absolute atomic E-state index is 10.9. The molecule has 0 saturated carbocycles. The minimum absolute atomic E-state index is 0.0716. The molecule has 0 aromatic carbocycles. The molecule has 0 aliphatic carbocycles. The molecular weight excluding hydrogens is 194 g/mol. The maximum Gasteiger partial charge on any atom is 0.317 e. The minimum Gasteiger partial charge on any atom is -0.465 e. The zero-order chi connectivity index (χ0) is 11.3. The van der Waals surface area contributed by atoms with Crippen LogP contribution in [0.2, 0.25) is 0 Å². The molecular formula is C10H13N3O2. The van der Waals surface area contributed by atoms with E-state index < -0.39 is 0 Å². The van der Waals surface area contributed by atoms with Crippen LogP contribution >= 0.6 is 0 Å². The number of nitrogens with two attached hydrogens (primary N) is 1. The van der Waals surface area contributed by atoms with E-state index in [1.165, 1.54) is 0 Å². The van der Waals surface area contributed by atoms with E-state index in [1.54, 1.807) is 24.9 Å². The lowest BCUT2D eigenvalue weighted by Gasteiger charge is -1.94. The van der Waals surface area contributed by atoms with E-state index in [2.05, 4.69) is 16.9 Å². The molecule has 0 unspecified atom stereocenters. The number of carbonyl (C=O) groups is 1. The van der Waals surface area contributed by atoms with E-state index in [9.17, 15) is 4.79 Å². The van der Waals surface area contributed by atoms with E-state index in [-0.39, 0.29) is 12.4 Å². The van der Waals surface area contributed by atoms with Gasteiger partial charge < -0.3 is 10.5 Å². The first-order chi connectivity index (χ1) is 7.13. The Morgan fingerprint density at radius 2 is 2.47 bits per heavy atom. The van der Waals surface area contributed by atoms with Gasteiger partial charge in [0.15, 0.2) is 5.82 Å². The lowest BCUT2D eigenvalue weighted by atomic mass is 10.3. The van der Waals surface area contributed by atoms with Gasteiger partial charge in [0.1, 0.15) is 6.42 Å². The lowest BCUT2D eigenvalue weighted by molar-refractivity contribution is -0.141. The summed E-state index contributed by atoms with van der Waals surface area (Å²) in [7, 11) is 1.76. The molecule has 5 heteroatoms. The van der Waals surface area contributed by atoms with Crippen molar-refractivity contribution in [3.63, 3.8) is 0 Å². The second-order valence-corrected chi connectivity index (χ2v) is 2.89. The summed E-state index contributed by atoms with van der Waals surface area (Å²) in [4.78, 5) is 10.9. The number of carbonyl (C=O) groups excluding carboxylic acids is 1. The average molecular weight is 207 g/mol. The number of ether oxygens (including phenoxy) is 1. The van der Waals surface area contributed by atoms with Crippen LogP contribution in [0.5, 0.6) is 0 Å². The Hall–Kier alpha value is -1.96. The van der Waals surface area contributed by atoms with Crippen molar-refractivity contribution < 1.29 is 9.53 Å². The molecule has 80 valence electrons. The first kappa shape index (κ1) is 11.1. The average Bonchev–Trinajstić information content (AvgIpc) is 2.46. The summed E-state index contributed by atoms with van der Waals surface area (Å²) >= 11 is 0. The fraction of sp³-hybridized carbons (Fsp3) is 0.400. The second-order valence-electron chi connectivity index (χ2n) is 2.89. The molecule has 0 radical (unpaired) electrons. The van der Waals surface area contributed by atoms with Gasteiger partial charge in [0, 0.05) is 13.2 Å². The molecule has 1 aromatic rings. The molecule has 2 N–H and O–H groups in total. The molecule has 0 aliphatic rings. The van der Waals surface area contributed by atoms with Gasteiger partial charge in [0.2, 0.25) is 0 Å². The highest BCUT2D eigenvalue weighted by Gasteiger charge is 2.00. The van der Waals surface area contributed by atoms with E-state index in [4.69, 9.17) is 10.5 Å². The highest BCUT2D eigenvalue weighted by atomic mass is 16.5. The highest BCUT2D eigenvalue weighted by molar-refractivity contribution is 5.72. The third kappa shape index (κ3) is 3.35. The molecule has 0 atom stereocenters. The van der Waals surface area contributed by atoms with Crippen LogP contribution in [-0.2, 0) is 16.6 Å². The monoisotopic (exact) mass is 207 g/mol. The quantitative estimate of drug-likeness (QED) is 0.559. The fourth-order valence-electron chi connectivity index (χ4n) is 1.03. The van der Waals surface area contributed by atoms with Crippen LogP contribution in [0.25, 0.3) is 0 Å². The molecule has 1 aromatic heterocycles. The van der Waals surface area contributed by atoms with Crippen LogP contribution < -0.4 is 5.73 Å². The molecule has 0 bridgehead atoms. The van der Waals surface area contributed by atoms with Crippen molar-refractivity contribution in [1.29, 1.82) is 0 Å². The predicted molar refractivity (Wildman–Crippen MR) is 55.7 cm³/mol. The summed E-state index contributed by atoms with van der Waals surface area (Å²) in [6, 6.07) is 0. The largest absolute Gasteiger partial charge is 0.465 e. The Morgan fingerprint density at radius 3 is 3.00 bits per heavy atom. The van der Waals surface area contributed by atoms with Crippen LogP contribution in [0.3, 0.4) is 0 Å². The van der Waals surface area contributed by atoms with Gasteiger partial charge in [-0.15, -0.1) is 0 Å². The maximum atomic E-state index is 10.9. The normalized spacial score (nSPS) is 9.20. The Labute approximate surface area is 88.2 Å². The number of aryl methyl sites for hydroxylation is 1. The summed E-state index contributed by atoms with van der Waals surface area (Å²) in [5, 5.41) is 3.92. The minimum atomic E-state index is -0.326. The van der Waals surface area contributed by atoms with Gasteiger partial charge in [0.05, 0.1) is 12.2 Å². The molecule has 15 heavy (non-hydrogen) atoms. The standard InChI is InChI=1S/C10H13N3O2/c1-3-15-9(14)6-4-5-8-7-13(2)12-10(8)11/h7H,3,6H2,1-2H3,(H2,11,12). The predicted octanol–water partition coefficient (Wildman–Crippen LogP) is 0.307. The number of anilines is 1. The molecule has 1 heterocycles. The Kier molecular flexibility index (Phi) is 3.75. The van der Waals surface area contributed by atoms with E-state index in [1.807, 2.05) is 0 Å². The number of hydrogen-bond donors (Lipinski definition) is 1. The zero-order valence-corrected chi connectivity index (χ0v) is 8.78. The van der Waals surface area contributed by atoms with Gasteiger partial charge in [-0.05, 0) is 6.92 Å². The third-order valence-corrected chi connectivity index (χ3v) is 1.62. The van der Waals surface area contributed by atoms with Gasteiger partial charge >= 0.3 is 5.97 Å². The van der Waals surface area contributed by atoms with Crippen LogP contribution in [-0.4, -0.2) is 22.4 Å². The number of nitrogen functional groups attached to an aromatic ring is 1. The van der Waals surface area contributed by atoms with Gasteiger partial charge in [-0.25, -0.2) is 0 Å². The zero-order valence-electron chi connectivity index (χ0n) is 8.78. The van der Waals surface area contributed by atoms with Gasteiger partial charge in [-0.2, -0.15) is 5.10 Å². The molecule has 5 nitrogen and oxygen atoms in total. The Morgan fingerprint density at radius 1 is 1.73 bits per heavy atom. The van der Waals surface area contributed by atoms with E-state index >= 15 is 0 Å². The molecule has 0 fully saturated rings. The second kappa shape index (κ2) is 5.05. The molecule has 0 aliphatic heterocycles. The lowest BCUT2D eigenvalue weighted by Crippen LogP contribution is -2.01. The molecule has 0 spiro atoms. The van der Waals surface area contributed by atoms with Crippen LogP contribution in [0.4, 0.5) is 5.82 Å².